The molecule has 1 nitrogen and oxygen atoms in total. The Morgan fingerprint density at radius 2 is 0.763 bits per heavy atom. The molecule has 0 heterocycles. The average Bonchev–Trinajstić information content (AvgIpc) is 3.74. The summed E-state index contributed by atoms with van der Waals surface area (Å²) in [5.41, 5.74) is 20.9. The van der Waals surface area contributed by atoms with Crippen LogP contribution < -0.4 is 4.90 Å². The van der Waals surface area contributed by atoms with E-state index in [4.69, 9.17) is 0 Å². The molecule has 0 N–H and O–H groups in total. The minimum Gasteiger partial charge on any atom is -0.310 e. The van der Waals surface area contributed by atoms with E-state index < -0.39 is 5.41 Å². The molecule has 2 aliphatic carbocycles. The van der Waals surface area contributed by atoms with Crippen molar-refractivity contribution in [1.29, 1.82) is 0 Å². The van der Waals surface area contributed by atoms with Gasteiger partial charge in [0.1, 0.15) is 0 Å². The molecule has 2 aliphatic rings. The van der Waals surface area contributed by atoms with Crippen molar-refractivity contribution in [1.82, 2.24) is 0 Å². The highest BCUT2D eigenvalue weighted by molar-refractivity contribution is 5.96. The summed E-state index contributed by atoms with van der Waals surface area (Å²) >= 11 is 0. The zero-order valence-corrected chi connectivity index (χ0v) is 33.3. The van der Waals surface area contributed by atoms with Crippen LogP contribution in [0.5, 0.6) is 0 Å². The molecule has 0 bridgehead atoms. The maximum absolute atomic E-state index is 2.42. The van der Waals surface area contributed by atoms with E-state index in [1.807, 2.05) is 0 Å². The van der Waals surface area contributed by atoms with Gasteiger partial charge >= 0.3 is 0 Å². The van der Waals surface area contributed by atoms with E-state index >= 15 is 0 Å². The van der Waals surface area contributed by atoms with Crippen LogP contribution in [0.1, 0.15) is 47.2 Å². The van der Waals surface area contributed by atoms with E-state index in [-0.39, 0.29) is 5.41 Å². The summed E-state index contributed by atoms with van der Waals surface area (Å²) in [6.07, 6.45) is 0. The molecule has 59 heavy (non-hydrogen) atoms. The summed E-state index contributed by atoms with van der Waals surface area (Å²) < 4.78 is 0. The van der Waals surface area contributed by atoms with Gasteiger partial charge in [-0.1, -0.05) is 202 Å². The summed E-state index contributed by atoms with van der Waals surface area (Å²) in [5, 5.41) is 0. The second-order valence-electron chi connectivity index (χ2n) is 16.5. The minimum absolute atomic E-state index is 0.104. The number of benzene rings is 9. The molecule has 0 aromatic heterocycles. The molecule has 280 valence electrons. The second kappa shape index (κ2) is 13.7. The fourth-order valence-corrected chi connectivity index (χ4v) is 10.2. The Hall–Kier alpha value is -7.22. The zero-order chi connectivity index (χ0) is 39.6. The van der Waals surface area contributed by atoms with Gasteiger partial charge in [0, 0.05) is 22.5 Å². The lowest BCUT2D eigenvalue weighted by atomic mass is 9.67. The Labute approximate surface area is 347 Å². The lowest BCUT2D eigenvalue weighted by Crippen LogP contribution is -2.28. The number of nitrogens with zero attached hydrogens (tertiary/aromatic N) is 1. The Balaban J connectivity index is 1.06. The molecule has 0 aliphatic heterocycles. The van der Waals surface area contributed by atoms with Crippen LogP contribution in [0.15, 0.2) is 224 Å². The molecule has 0 amide bonds. The van der Waals surface area contributed by atoms with Gasteiger partial charge in [0.15, 0.2) is 0 Å². The first-order chi connectivity index (χ1) is 29.0. The van der Waals surface area contributed by atoms with Crippen molar-refractivity contribution in [2.45, 2.75) is 24.7 Å². The third kappa shape index (κ3) is 5.39. The van der Waals surface area contributed by atoms with E-state index in [0.717, 1.165) is 17.1 Å². The predicted molar refractivity (Wildman–Crippen MR) is 247 cm³/mol. The molecule has 0 unspecified atom stereocenters. The van der Waals surface area contributed by atoms with E-state index in [2.05, 4.69) is 243 Å². The lowest BCUT2D eigenvalue weighted by molar-refractivity contribution is 0.660. The summed E-state index contributed by atoms with van der Waals surface area (Å²) in [6.45, 7) is 4.71. The van der Waals surface area contributed by atoms with E-state index in [1.54, 1.807) is 0 Å². The van der Waals surface area contributed by atoms with Crippen LogP contribution in [-0.2, 0) is 10.8 Å². The van der Waals surface area contributed by atoms with Crippen molar-refractivity contribution in [2.75, 3.05) is 4.90 Å². The van der Waals surface area contributed by atoms with Crippen LogP contribution in [0, 0.1) is 0 Å². The first-order valence-electron chi connectivity index (χ1n) is 20.7. The van der Waals surface area contributed by atoms with Gasteiger partial charge in [-0.3, -0.25) is 0 Å². The molecule has 0 atom stereocenters. The van der Waals surface area contributed by atoms with Gasteiger partial charge in [0.25, 0.3) is 0 Å². The monoisotopic (exact) mass is 753 g/mol. The Morgan fingerprint density at radius 1 is 0.305 bits per heavy atom. The molecular weight excluding hydrogens is 711 g/mol. The molecular formula is C58H43N. The molecule has 9 aromatic rings. The van der Waals surface area contributed by atoms with Gasteiger partial charge in [0.05, 0.1) is 5.41 Å². The SMILES string of the molecule is CC1(C)c2ccccc2-c2ccc(N(c3ccc(-c4ccccc4)cc3)c3ccc(-c4cccc5c4-c4ccccc4C5(c4ccccc4)c4ccccc4)cc3)cc21. The van der Waals surface area contributed by atoms with Gasteiger partial charge in [-0.15, -0.1) is 0 Å². The van der Waals surface area contributed by atoms with E-state index in [9.17, 15) is 0 Å². The number of rotatable bonds is 7. The summed E-state index contributed by atoms with van der Waals surface area (Å²) in [5.74, 6) is 0. The summed E-state index contributed by atoms with van der Waals surface area (Å²) in [7, 11) is 0. The molecule has 11 rings (SSSR count). The molecule has 1 heteroatoms. The van der Waals surface area contributed by atoms with Crippen molar-refractivity contribution in [3.05, 3.63) is 258 Å². The first kappa shape index (κ1) is 35.0. The lowest BCUT2D eigenvalue weighted by Gasteiger charge is -2.34. The van der Waals surface area contributed by atoms with Gasteiger partial charge in [-0.2, -0.15) is 0 Å². The summed E-state index contributed by atoms with van der Waals surface area (Å²) in [6, 6.07) is 82.8. The number of fused-ring (bicyclic) bond motifs is 6. The van der Waals surface area contributed by atoms with Crippen molar-refractivity contribution in [3.8, 4) is 44.5 Å². The molecule has 0 fully saturated rings. The van der Waals surface area contributed by atoms with Crippen LogP contribution in [0.25, 0.3) is 44.5 Å². The maximum Gasteiger partial charge on any atom is 0.0713 e. The number of hydrogen-bond acceptors (Lipinski definition) is 1. The predicted octanol–water partition coefficient (Wildman–Crippen LogP) is 15.2. The van der Waals surface area contributed by atoms with Gasteiger partial charge < -0.3 is 4.90 Å². The third-order valence-corrected chi connectivity index (χ3v) is 13.0. The van der Waals surface area contributed by atoms with Crippen LogP contribution in [-0.4, -0.2) is 0 Å². The zero-order valence-electron chi connectivity index (χ0n) is 33.3. The Morgan fingerprint density at radius 3 is 1.41 bits per heavy atom. The Bertz CT molecular complexity index is 2940. The maximum atomic E-state index is 2.42. The second-order valence-corrected chi connectivity index (χ2v) is 16.5. The number of hydrogen-bond donors (Lipinski definition) is 0. The normalized spacial score (nSPS) is 13.9. The standard InChI is InChI=1S/C58H43N/c1-57(2)52-26-14-12-23-49(52)50-38-37-47(39-55(50)57)59(45-33-29-41(30-34-45)40-17-6-3-7-18-40)46-35-31-42(32-36-46)48-25-16-28-54-56(48)51-24-13-15-27-53(51)58(54,43-19-8-4-9-20-43)44-21-10-5-11-22-44/h3-39H,1-2H3. The molecule has 0 saturated carbocycles. The first-order valence-corrected chi connectivity index (χ1v) is 20.7. The molecule has 0 radical (unpaired) electrons. The highest BCUT2D eigenvalue weighted by Gasteiger charge is 2.46. The molecule has 0 spiro atoms. The summed E-state index contributed by atoms with van der Waals surface area (Å²) in [4.78, 5) is 2.42. The van der Waals surface area contributed by atoms with Crippen molar-refractivity contribution in [2.24, 2.45) is 0 Å². The van der Waals surface area contributed by atoms with Crippen LogP contribution in [0.4, 0.5) is 17.1 Å². The fraction of sp³-hybridized carbons (Fsp3) is 0.0690. The van der Waals surface area contributed by atoms with Gasteiger partial charge in [0.2, 0.25) is 0 Å². The highest BCUT2D eigenvalue weighted by atomic mass is 15.1. The fourth-order valence-electron chi connectivity index (χ4n) is 10.2. The third-order valence-electron chi connectivity index (χ3n) is 13.0. The van der Waals surface area contributed by atoms with Crippen LogP contribution >= 0.6 is 0 Å². The van der Waals surface area contributed by atoms with Crippen LogP contribution in [0.2, 0.25) is 0 Å². The van der Waals surface area contributed by atoms with Crippen LogP contribution in [0.3, 0.4) is 0 Å². The van der Waals surface area contributed by atoms with Gasteiger partial charge in [-0.25, -0.2) is 0 Å². The number of anilines is 3. The largest absolute Gasteiger partial charge is 0.310 e. The minimum atomic E-state index is -0.436. The Kier molecular flexibility index (Phi) is 8.13. The molecule has 0 saturated heterocycles. The van der Waals surface area contributed by atoms with E-state index in [1.165, 1.54) is 77.9 Å². The van der Waals surface area contributed by atoms with E-state index in [0.29, 0.717) is 0 Å². The van der Waals surface area contributed by atoms with Crippen molar-refractivity contribution in [3.63, 3.8) is 0 Å². The van der Waals surface area contributed by atoms with Crippen molar-refractivity contribution < 1.29 is 0 Å². The topological polar surface area (TPSA) is 3.24 Å². The highest BCUT2D eigenvalue weighted by Crippen LogP contribution is 2.58. The smallest absolute Gasteiger partial charge is 0.0713 e. The quantitative estimate of drug-likeness (QED) is 0.157. The molecule has 9 aromatic carbocycles. The average molecular weight is 754 g/mol. The van der Waals surface area contributed by atoms with Crippen molar-refractivity contribution >= 4 is 17.1 Å². The van der Waals surface area contributed by atoms with Gasteiger partial charge in [-0.05, 0) is 114 Å².